The zero-order valence-electron chi connectivity index (χ0n) is 20.3. The summed E-state index contributed by atoms with van der Waals surface area (Å²) in [6.45, 7) is 9.46. The summed E-state index contributed by atoms with van der Waals surface area (Å²) < 4.78 is 5.47. The summed E-state index contributed by atoms with van der Waals surface area (Å²) in [6.07, 6.45) is 5.35. The average molecular weight is 488 g/mol. The van der Waals surface area contributed by atoms with Gasteiger partial charge in [0.15, 0.2) is 0 Å². The van der Waals surface area contributed by atoms with Gasteiger partial charge >= 0.3 is 6.09 Å². The van der Waals surface area contributed by atoms with Crippen LogP contribution in [-0.2, 0) is 16.7 Å². The highest BCUT2D eigenvalue weighted by molar-refractivity contribution is 6.31. The van der Waals surface area contributed by atoms with Crippen LogP contribution >= 0.6 is 11.6 Å². The van der Waals surface area contributed by atoms with Crippen molar-refractivity contribution in [3.8, 4) is 0 Å². The number of aliphatic imine (C=N–C) groups is 1. The summed E-state index contributed by atoms with van der Waals surface area (Å²) in [5.41, 5.74) is 4.63. The summed E-state index contributed by atoms with van der Waals surface area (Å²) >= 11 is 6.28. The van der Waals surface area contributed by atoms with Gasteiger partial charge in [-0.1, -0.05) is 78.9 Å². The van der Waals surface area contributed by atoms with Gasteiger partial charge in [0.05, 0.1) is 16.9 Å². The molecule has 1 saturated carbocycles. The van der Waals surface area contributed by atoms with Crippen molar-refractivity contribution in [2.75, 3.05) is 0 Å². The van der Waals surface area contributed by atoms with Crippen molar-refractivity contribution in [1.82, 2.24) is 10.3 Å². The fourth-order valence-electron chi connectivity index (χ4n) is 3.96. The third kappa shape index (κ3) is 6.17. The van der Waals surface area contributed by atoms with Crippen LogP contribution in [0.5, 0.6) is 0 Å². The van der Waals surface area contributed by atoms with Crippen LogP contribution in [0.4, 0.5) is 10.5 Å². The third-order valence-corrected chi connectivity index (χ3v) is 6.15. The molecule has 5 nitrogen and oxygen atoms in total. The van der Waals surface area contributed by atoms with Gasteiger partial charge in [-0.25, -0.2) is 9.78 Å². The number of amides is 1. The van der Waals surface area contributed by atoms with E-state index in [0.29, 0.717) is 17.1 Å². The van der Waals surface area contributed by atoms with Gasteiger partial charge in [-0.05, 0) is 56.4 Å². The summed E-state index contributed by atoms with van der Waals surface area (Å²) in [5, 5.41) is 3.44. The van der Waals surface area contributed by atoms with Crippen LogP contribution in [0.3, 0.4) is 0 Å². The molecule has 6 heteroatoms. The molecule has 4 rings (SSSR count). The second kappa shape index (κ2) is 10.0. The van der Waals surface area contributed by atoms with Gasteiger partial charge in [0.2, 0.25) is 0 Å². The Hall–Kier alpha value is -3.44. The van der Waals surface area contributed by atoms with E-state index < -0.39 is 11.7 Å². The van der Waals surface area contributed by atoms with Crippen molar-refractivity contribution in [3.63, 3.8) is 0 Å². The Labute approximate surface area is 211 Å². The average Bonchev–Trinajstić information content (AvgIpc) is 3.59. The smallest absolute Gasteiger partial charge is 0.408 e. The van der Waals surface area contributed by atoms with Crippen LogP contribution in [0, 0.1) is 0 Å². The molecule has 1 heterocycles. The van der Waals surface area contributed by atoms with Crippen molar-refractivity contribution in [2.24, 2.45) is 4.99 Å². The van der Waals surface area contributed by atoms with E-state index in [9.17, 15) is 4.79 Å². The highest BCUT2D eigenvalue weighted by Crippen LogP contribution is 2.45. The predicted molar refractivity (Wildman–Crippen MR) is 142 cm³/mol. The van der Waals surface area contributed by atoms with Crippen molar-refractivity contribution in [1.29, 1.82) is 0 Å². The van der Waals surface area contributed by atoms with E-state index in [1.165, 1.54) is 0 Å². The number of hydrogen-bond acceptors (Lipinski definition) is 4. The molecule has 35 heavy (non-hydrogen) atoms. The van der Waals surface area contributed by atoms with E-state index in [1.807, 2.05) is 45.0 Å². The lowest BCUT2D eigenvalue weighted by Crippen LogP contribution is -2.39. The summed E-state index contributed by atoms with van der Waals surface area (Å²) in [4.78, 5) is 21.5. The number of alkyl carbamates (subject to hydrolysis) is 1. The first kappa shape index (κ1) is 24.7. The molecule has 0 atom stereocenters. The quantitative estimate of drug-likeness (QED) is 0.282. The standard InChI is InChI=1S/C29H30ClN3O2/c1-5-23-24(15-18-31-26(23)30)32-25(19-20-9-7-6-8-10-20)21-11-13-22(14-12-21)29(16-17-29)33-27(34)35-28(2,3)4/h5-15,18H,1,16-17,19H2,2-4H3,(H,33,34). The zero-order chi connectivity index (χ0) is 25.1. The molecule has 0 aliphatic heterocycles. The maximum atomic E-state index is 12.4. The maximum absolute atomic E-state index is 12.4. The molecule has 1 amide bonds. The van der Waals surface area contributed by atoms with E-state index >= 15 is 0 Å². The zero-order valence-corrected chi connectivity index (χ0v) is 21.1. The number of carbonyl (C=O) groups excluding carboxylic acids is 1. The molecule has 1 aromatic heterocycles. The minimum absolute atomic E-state index is 0.369. The highest BCUT2D eigenvalue weighted by atomic mass is 35.5. The lowest BCUT2D eigenvalue weighted by Gasteiger charge is -2.24. The van der Waals surface area contributed by atoms with Crippen molar-refractivity contribution >= 4 is 35.2 Å². The lowest BCUT2D eigenvalue weighted by atomic mass is 9.98. The Balaban J connectivity index is 1.64. The van der Waals surface area contributed by atoms with Crippen LogP contribution in [0.1, 0.15) is 55.9 Å². The number of pyridine rings is 1. The Morgan fingerprint density at radius 1 is 1.14 bits per heavy atom. The topological polar surface area (TPSA) is 63.6 Å². The minimum Gasteiger partial charge on any atom is -0.444 e. The minimum atomic E-state index is -0.535. The van der Waals surface area contributed by atoms with E-state index in [-0.39, 0.29) is 5.54 Å². The SMILES string of the molecule is C=Cc1c(N=C(Cc2ccccc2)c2ccc(C3(NC(=O)OC(C)(C)C)CC3)cc2)ccnc1Cl. The molecule has 0 radical (unpaired) electrons. The van der Waals surface area contributed by atoms with Crippen LogP contribution in [-0.4, -0.2) is 22.4 Å². The molecular weight excluding hydrogens is 458 g/mol. The summed E-state index contributed by atoms with van der Waals surface area (Å²) in [5.74, 6) is 0. The van der Waals surface area contributed by atoms with E-state index in [1.54, 1.807) is 12.3 Å². The van der Waals surface area contributed by atoms with Gasteiger partial charge in [0, 0.05) is 18.2 Å². The van der Waals surface area contributed by atoms with Crippen LogP contribution in [0.15, 0.2) is 78.4 Å². The Morgan fingerprint density at radius 3 is 2.43 bits per heavy atom. The number of nitrogens with one attached hydrogen (secondary N) is 1. The van der Waals surface area contributed by atoms with E-state index in [4.69, 9.17) is 21.3 Å². The Morgan fingerprint density at radius 2 is 1.83 bits per heavy atom. The molecule has 1 aliphatic carbocycles. The molecular formula is C29H30ClN3O2. The first-order chi connectivity index (χ1) is 16.7. The molecule has 0 saturated heterocycles. The lowest BCUT2D eigenvalue weighted by molar-refractivity contribution is 0.0495. The Bertz CT molecular complexity index is 1240. The number of benzene rings is 2. The van der Waals surface area contributed by atoms with Gasteiger partial charge in [0.25, 0.3) is 0 Å². The molecule has 2 aromatic carbocycles. The fourth-order valence-corrected chi connectivity index (χ4v) is 4.19. The second-order valence-corrected chi connectivity index (χ2v) is 10.1. The summed E-state index contributed by atoms with van der Waals surface area (Å²) in [6, 6.07) is 20.3. The number of aromatic nitrogens is 1. The van der Waals surface area contributed by atoms with Gasteiger partial charge in [-0.2, -0.15) is 0 Å². The monoisotopic (exact) mass is 487 g/mol. The van der Waals surface area contributed by atoms with Gasteiger partial charge in [-0.3, -0.25) is 4.99 Å². The fraction of sp³-hybridized carbons (Fsp3) is 0.276. The molecule has 3 aromatic rings. The van der Waals surface area contributed by atoms with Crippen molar-refractivity contribution in [2.45, 2.75) is 51.2 Å². The van der Waals surface area contributed by atoms with Gasteiger partial charge in [-0.15, -0.1) is 0 Å². The number of carbonyl (C=O) groups is 1. The number of rotatable bonds is 7. The largest absolute Gasteiger partial charge is 0.444 e. The molecule has 1 N–H and O–H groups in total. The first-order valence-corrected chi connectivity index (χ1v) is 12.1. The molecule has 180 valence electrons. The second-order valence-electron chi connectivity index (χ2n) is 9.75. The van der Waals surface area contributed by atoms with E-state index in [0.717, 1.165) is 40.9 Å². The number of hydrogen-bond donors (Lipinski definition) is 1. The number of ether oxygens (including phenoxy) is 1. The summed E-state index contributed by atoms with van der Waals surface area (Å²) in [7, 11) is 0. The first-order valence-electron chi connectivity index (χ1n) is 11.7. The Kier molecular flexibility index (Phi) is 7.08. The maximum Gasteiger partial charge on any atom is 0.408 e. The normalized spacial score (nSPS) is 14.8. The highest BCUT2D eigenvalue weighted by Gasteiger charge is 2.46. The van der Waals surface area contributed by atoms with Crippen LogP contribution in [0.25, 0.3) is 6.08 Å². The van der Waals surface area contributed by atoms with Crippen molar-refractivity contribution in [3.05, 3.63) is 101 Å². The molecule has 0 spiro atoms. The van der Waals surface area contributed by atoms with Crippen LogP contribution in [0.2, 0.25) is 5.15 Å². The van der Waals surface area contributed by atoms with Crippen molar-refractivity contribution < 1.29 is 9.53 Å². The molecule has 1 aliphatic rings. The molecule has 0 bridgehead atoms. The predicted octanol–water partition coefficient (Wildman–Crippen LogP) is 7.26. The van der Waals surface area contributed by atoms with Gasteiger partial charge in [0.1, 0.15) is 10.8 Å². The molecule has 1 fully saturated rings. The van der Waals surface area contributed by atoms with Crippen LogP contribution < -0.4 is 5.32 Å². The third-order valence-electron chi connectivity index (χ3n) is 5.85. The number of halogens is 1. The molecule has 0 unspecified atom stereocenters. The van der Waals surface area contributed by atoms with Gasteiger partial charge < -0.3 is 10.1 Å². The number of nitrogens with zero attached hydrogens (tertiary/aromatic N) is 2. The van der Waals surface area contributed by atoms with E-state index in [2.05, 4.69) is 53.3 Å².